The summed E-state index contributed by atoms with van der Waals surface area (Å²) in [7, 11) is 0. The van der Waals surface area contributed by atoms with Crippen molar-refractivity contribution >= 4 is 5.91 Å². The SMILES string of the molecule is C[C@H](N)C(=O)N1CCCCCC1c1ccccc1. The average molecular weight is 246 g/mol. The summed E-state index contributed by atoms with van der Waals surface area (Å²) in [5, 5.41) is 0. The van der Waals surface area contributed by atoms with Gasteiger partial charge in [0, 0.05) is 6.54 Å². The predicted molar refractivity (Wildman–Crippen MR) is 73.0 cm³/mol. The van der Waals surface area contributed by atoms with E-state index in [0.29, 0.717) is 0 Å². The maximum atomic E-state index is 12.2. The van der Waals surface area contributed by atoms with Crippen LogP contribution in [0.15, 0.2) is 30.3 Å². The van der Waals surface area contributed by atoms with Crippen LogP contribution in [0.2, 0.25) is 0 Å². The van der Waals surface area contributed by atoms with Gasteiger partial charge in [-0.05, 0) is 25.3 Å². The van der Waals surface area contributed by atoms with Crippen molar-refractivity contribution in [3.63, 3.8) is 0 Å². The fourth-order valence-electron chi connectivity index (χ4n) is 2.66. The molecule has 3 nitrogen and oxygen atoms in total. The summed E-state index contributed by atoms with van der Waals surface area (Å²) in [5.41, 5.74) is 7.00. The van der Waals surface area contributed by atoms with Gasteiger partial charge in [-0.3, -0.25) is 4.79 Å². The number of hydrogen-bond donors (Lipinski definition) is 1. The van der Waals surface area contributed by atoms with Crippen LogP contribution in [0.1, 0.15) is 44.2 Å². The Hall–Kier alpha value is -1.35. The molecule has 1 unspecified atom stereocenters. The van der Waals surface area contributed by atoms with Crippen molar-refractivity contribution in [2.45, 2.75) is 44.7 Å². The molecule has 0 radical (unpaired) electrons. The zero-order valence-electron chi connectivity index (χ0n) is 11.0. The summed E-state index contributed by atoms with van der Waals surface area (Å²) < 4.78 is 0. The quantitative estimate of drug-likeness (QED) is 0.871. The minimum absolute atomic E-state index is 0.0748. The van der Waals surface area contributed by atoms with Crippen molar-refractivity contribution < 1.29 is 4.79 Å². The Morgan fingerprint density at radius 2 is 2.00 bits per heavy atom. The van der Waals surface area contributed by atoms with Crippen molar-refractivity contribution in [3.05, 3.63) is 35.9 Å². The zero-order chi connectivity index (χ0) is 13.0. The number of carbonyl (C=O) groups excluding carboxylic acids is 1. The van der Waals surface area contributed by atoms with E-state index < -0.39 is 6.04 Å². The molecule has 3 heteroatoms. The molecular weight excluding hydrogens is 224 g/mol. The first-order valence-electron chi connectivity index (χ1n) is 6.81. The third kappa shape index (κ3) is 2.91. The lowest BCUT2D eigenvalue weighted by Gasteiger charge is -2.31. The number of benzene rings is 1. The molecule has 0 spiro atoms. The standard InChI is InChI=1S/C15H22N2O/c1-12(16)15(18)17-11-7-3-6-10-14(17)13-8-4-2-5-9-13/h2,4-5,8-9,12,14H,3,6-7,10-11,16H2,1H3/t12-,14?/m0/s1. The van der Waals surface area contributed by atoms with Gasteiger partial charge in [-0.1, -0.05) is 43.2 Å². The molecule has 98 valence electrons. The van der Waals surface area contributed by atoms with Crippen LogP contribution in [0.3, 0.4) is 0 Å². The fraction of sp³-hybridized carbons (Fsp3) is 0.533. The van der Waals surface area contributed by atoms with E-state index in [1.807, 2.05) is 23.1 Å². The minimum atomic E-state index is -0.408. The normalized spacial score (nSPS) is 22.3. The molecule has 2 N–H and O–H groups in total. The number of amides is 1. The average Bonchev–Trinajstić information content (AvgIpc) is 2.64. The van der Waals surface area contributed by atoms with Crippen LogP contribution in [0.25, 0.3) is 0 Å². The number of hydrogen-bond acceptors (Lipinski definition) is 2. The fourth-order valence-corrected chi connectivity index (χ4v) is 2.66. The summed E-state index contributed by atoms with van der Waals surface area (Å²) in [4.78, 5) is 14.2. The second-order valence-electron chi connectivity index (χ2n) is 5.10. The monoisotopic (exact) mass is 246 g/mol. The number of likely N-dealkylation sites (tertiary alicyclic amines) is 1. The third-order valence-electron chi connectivity index (χ3n) is 3.61. The second kappa shape index (κ2) is 6.01. The first kappa shape index (κ1) is 13.1. The van der Waals surface area contributed by atoms with E-state index >= 15 is 0 Å². The number of nitrogens with two attached hydrogens (primary N) is 1. The maximum Gasteiger partial charge on any atom is 0.239 e. The van der Waals surface area contributed by atoms with E-state index in [1.54, 1.807) is 6.92 Å². The van der Waals surface area contributed by atoms with E-state index in [2.05, 4.69) is 12.1 Å². The van der Waals surface area contributed by atoms with Crippen LogP contribution in [-0.2, 0) is 4.79 Å². The Bertz CT molecular complexity index is 389. The molecule has 1 amide bonds. The molecule has 1 fully saturated rings. The lowest BCUT2D eigenvalue weighted by atomic mass is 10.0. The highest BCUT2D eigenvalue weighted by molar-refractivity contribution is 5.81. The highest BCUT2D eigenvalue weighted by atomic mass is 16.2. The van der Waals surface area contributed by atoms with Gasteiger partial charge in [0.25, 0.3) is 0 Å². The van der Waals surface area contributed by atoms with Crippen LogP contribution < -0.4 is 5.73 Å². The first-order chi connectivity index (χ1) is 8.70. The molecule has 1 aliphatic rings. The molecule has 2 atom stereocenters. The molecule has 1 saturated heterocycles. The van der Waals surface area contributed by atoms with Crippen molar-refractivity contribution in [1.29, 1.82) is 0 Å². The summed E-state index contributed by atoms with van der Waals surface area (Å²) in [6, 6.07) is 10.1. The van der Waals surface area contributed by atoms with E-state index in [-0.39, 0.29) is 11.9 Å². The molecule has 1 aromatic rings. The van der Waals surface area contributed by atoms with Gasteiger partial charge < -0.3 is 10.6 Å². The van der Waals surface area contributed by atoms with Crippen molar-refractivity contribution in [2.75, 3.05) is 6.54 Å². The van der Waals surface area contributed by atoms with Gasteiger partial charge in [0.1, 0.15) is 0 Å². The first-order valence-corrected chi connectivity index (χ1v) is 6.81. The molecule has 0 aliphatic carbocycles. The van der Waals surface area contributed by atoms with Gasteiger partial charge in [0.15, 0.2) is 0 Å². The molecule has 0 saturated carbocycles. The van der Waals surface area contributed by atoms with Crippen molar-refractivity contribution in [1.82, 2.24) is 4.90 Å². The molecular formula is C15H22N2O. The Labute approximate surface area is 109 Å². The van der Waals surface area contributed by atoms with Crippen LogP contribution >= 0.6 is 0 Å². The molecule has 1 aliphatic heterocycles. The van der Waals surface area contributed by atoms with Gasteiger partial charge in [-0.25, -0.2) is 0 Å². The lowest BCUT2D eigenvalue weighted by Crippen LogP contribution is -2.44. The Morgan fingerprint density at radius 3 is 2.67 bits per heavy atom. The van der Waals surface area contributed by atoms with Crippen molar-refractivity contribution in [3.8, 4) is 0 Å². The highest BCUT2D eigenvalue weighted by Crippen LogP contribution is 2.30. The van der Waals surface area contributed by atoms with Gasteiger partial charge >= 0.3 is 0 Å². The number of nitrogens with zero attached hydrogens (tertiary/aromatic N) is 1. The van der Waals surface area contributed by atoms with E-state index in [1.165, 1.54) is 18.4 Å². The van der Waals surface area contributed by atoms with Crippen LogP contribution in [-0.4, -0.2) is 23.4 Å². The minimum Gasteiger partial charge on any atom is -0.334 e. The Kier molecular flexibility index (Phi) is 4.37. The molecule has 0 bridgehead atoms. The van der Waals surface area contributed by atoms with Gasteiger partial charge in [0.2, 0.25) is 5.91 Å². The van der Waals surface area contributed by atoms with Gasteiger partial charge in [-0.15, -0.1) is 0 Å². The van der Waals surface area contributed by atoms with E-state index in [0.717, 1.165) is 19.4 Å². The lowest BCUT2D eigenvalue weighted by molar-refractivity contribution is -0.134. The topological polar surface area (TPSA) is 46.3 Å². The number of rotatable bonds is 2. The summed E-state index contributed by atoms with van der Waals surface area (Å²) in [5.74, 6) is 0.0748. The van der Waals surface area contributed by atoms with Crippen LogP contribution in [0.4, 0.5) is 0 Å². The van der Waals surface area contributed by atoms with E-state index in [9.17, 15) is 4.79 Å². The predicted octanol–water partition coefficient (Wildman–Crippen LogP) is 2.48. The number of carbonyl (C=O) groups is 1. The summed E-state index contributed by atoms with van der Waals surface area (Å²) >= 11 is 0. The maximum absolute atomic E-state index is 12.2. The van der Waals surface area contributed by atoms with E-state index in [4.69, 9.17) is 5.73 Å². The molecule has 2 rings (SSSR count). The van der Waals surface area contributed by atoms with Gasteiger partial charge in [0.05, 0.1) is 12.1 Å². The largest absolute Gasteiger partial charge is 0.334 e. The molecule has 1 aromatic carbocycles. The third-order valence-corrected chi connectivity index (χ3v) is 3.61. The van der Waals surface area contributed by atoms with Gasteiger partial charge in [-0.2, -0.15) is 0 Å². The molecule has 0 aromatic heterocycles. The molecule has 1 heterocycles. The summed E-state index contributed by atoms with van der Waals surface area (Å²) in [6.07, 6.45) is 4.51. The smallest absolute Gasteiger partial charge is 0.239 e. The van der Waals surface area contributed by atoms with Crippen molar-refractivity contribution in [2.24, 2.45) is 5.73 Å². The van der Waals surface area contributed by atoms with Crippen LogP contribution in [0.5, 0.6) is 0 Å². The van der Waals surface area contributed by atoms with Crippen LogP contribution in [0, 0.1) is 0 Å². The molecule has 18 heavy (non-hydrogen) atoms. The Morgan fingerprint density at radius 1 is 1.28 bits per heavy atom. The summed E-state index contributed by atoms with van der Waals surface area (Å²) in [6.45, 7) is 2.61. The zero-order valence-corrected chi connectivity index (χ0v) is 11.0. The Balaban J connectivity index is 2.25. The highest BCUT2D eigenvalue weighted by Gasteiger charge is 2.27. The second-order valence-corrected chi connectivity index (χ2v) is 5.10.